The maximum Gasteiger partial charge on any atom is 0.259 e. The molecular formula is C25H22ClNO. The summed E-state index contributed by atoms with van der Waals surface area (Å²) in [5.41, 5.74) is 6.66. The van der Waals surface area contributed by atoms with E-state index < -0.39 is 0 Å². The molecule has 140 valence electrons. The van der Waals surface area contributed by atoms with Gasteiger partial charge in [-0.25, -0.2) is 0 Å². The Morgan fingerprint density at radius 2 is 1.64 bits per heavy atom. The van der Waals surface area contributed by atoms with Gasteiger partial charge in [0.1, 0.15) is 0 Å². The van der Waals surface area contributed by atoms with Gasteiger partial charge in [0.15, 0.2) is 0 Å². The van der Waals surface area contributed by atoms with Gasteiger partial charge in [0.2, 0.25) is 0 Å². The molecule has 0 saturated carbocycles. The van der Waals surface area contributed by atoms with Crippen molar-refractivity contribution in [3.8, 4) is 11.3 Å². The van der Waals surface area contributed by atoms with Crippen LogP contribution in [0.25, 0.3) is 22.0 Å². The Kier molecular flexibility index (Phi) is 4.82. The molecule has 28 heavy (non-hydrogen) atoms. The lowest BCUT2D eigenvalue weighted by Gasteiger charge is -2.17. The average Bonchev–Trinajstić information content (AvgIpc) is 2.66. The first-order valence-corrected chi connectivity index (χ1v) is 9.76. The molecule has 0 radical (unpaired) electrons. The van der Waals surface area contributed by atoms with Crippen molar-refractivity contribution in [3.63, 3.8) is 0 Å². The first-order valence-electron chi connectivity index (χ1n) is 9.38. The van der Waals surface area contributed by atoms with Crippen molar-refractivity contribution in [2.24, 2.45) is 0 Å². The van der Waals surface area contributed by atoms with E-state index in [-0.39, 0.29) is 5.56 Å². The molecule has 0 aliphatic rings. The van der Waals surface area contributed by atoms with Crippen molar-refractivity contribution in [2.45, 2.75) is 27.3 Å². The molecular weight excluding hydrogens is 366 g/mol. The standard InChI is InChI=1S/C25H22ClNO/c1-16-5-4-6-20(12-16)24-13-19-9-10-22(26)14-23(19)25(28)27(24)15-21-8-7-17(2)11-18(21)3/h4-14H,15H2,1-3H3. The minimum atomic E-state index is -0.0171. The van der Waals surface area contributed by atoms with E-state index in [1.165, 1.54) is 16.7 Å². The second kappa shape index (κ2) is 7.29. The highest BCUT2D eigenvalue weighted by Gasteiger charge is 2.13. The van der Waals surface area contributed by atoms with Gasteiger partial charge in [-0.05, 0) is 67.1 Å². The number of rotatable bonds is 3. The van der Waals surface area contributed by atoms with Crippen molar-refractivity contribution in [2.75, 3.05) is 0 Å². The molecule has 0 saturated heterocycles. The van der Waals surface area contributed by atoms with E-state index in [1.54, 1.807) is 6.07 Å². The SMILES string of the molecule is Cc1cccc(-c2cc3ccc(Cl)cc3c(=O)n2Cc2ccc(C)cc2C)c1. The van der Waals surface area contributed by atoms with Gasteiger partial charge in [0, 0.05) is 10.4 Å². The normalized spacial score (nSPS) is 11.1. The number of hydrogen-bond acceptors (Lipinski definition) is 1. The van der Waals surface area contributed by atoms with Crippen LogP contribution in [0.3, 0.4) is 0 Å². The summed E-state index contributed by atoms with van der Waals surface area (Å²) < 4.78 is 1.87. The number of pyridine rings is 1. The van der Waals surface area contributed by atoms with E-state index in [4.69, 9.17) is 11.6 Å². The highest BCUT2D eigenvalue weighted by Crippen LogP contribution is 2.26. The second-order valence-electron chi connectivity index (χ2n) is 7.45. The lowest BCUT2D eigenvalue weighted by molar-refractivity contribution is 0.772. The number of benzene rings is 3. The third kappa shape index (κ3) is 3.48. The van der Waals surface area contributed by atoms with Crippen LogP contribution in [0.1, 0.15) is 22.3 Å². The predicted molar refractivity (Wildman–Crippen MR) is 118 cm³/mol. The van der Waals surface area contributed by atoms with E-state index in [2.05, 4.69) is 63.2 Å². The molecule has 1 heterocycles. The molecule has 0 bridgehead atoms. The molecule has 0 aliphatic heterocycles. The van der Waals surface area contributed by atoms with E-state index in [0.29, 0.717) is 17.0 Å². The Hall–Kier alpha value is -2.84. The third-order valence-corrected chi connectivity index (χ3v) is 5.45. The van der Waals surface area contributed by atoms with Gasteiger partial charge in [-0.1, -0.05) is 65.2 Å². The Morgan fingerprint density at radius 3 is 2.39 bits per heavy atom. The van der Waals surface area contributed by atoms with Crippen molar-refractivity contribution in [1.29, 1.82) is 0 Å². The van der Waals surface area contributed by atoms with Crippen molar-refractivity contribution in [1.82, 2.24) is 4.57 Å². The van der Waals surface area contributed by atoms with Gasteiger partial charge in [-0.2, -0.15) is 0 Å². The molecule has 0 aliphatic carbocycles. The van der Waals surface area contributed by atoms with E-state index in [1.807, 2.05) is 22.8 Å². The lowest BCUT2D eigenvalue weighted by atomic mass is 10.0. The largest absolute Gasteiger partial charge is 0.303 e. The fraction of sp³-hybridized carbons (Fsp3) is 0.160. The molecule has 3 aromatic carbocycles. The average molecular weight is 388 g/mol. The Bertz CT molecular complexity index is 1250. The highest BCUT2D eigenvalue weighted by atomic mass is 35.5. The molecule has 0 unspecified atom stereocenters. The molecule has 0 amide bonds. The number of fused-ring (bicyclic) bond motifs is 1. The first-order chi connectivity index (χ1) is 13.4. The van der Waals surface area contributed by atoms with Gasteiger partial charge in [-0.15, -0.1) is 0 Å². The zero-order valence-corrected chi connectivity index (χ0v) is 17.0. The maximum atomic E-state index is 13.4. The number of hydrogen-bond donors (Lipinski definition) is 0. The number of halogens is 1. The topological polar surface area (TPSA) is 22.0 Å². The Morgan fingerprint density at radius 1 is 0.857 bits per heavy atom. The third-order valence-electron chi connectivity index (χ3n) is 5.21. The predicted octanol–water partition coefficient (Wildman–Crippen LogP) is 6.30. The zero-order valence-electron chi connectivity index (χ0n) is 16.3. The maximum absolute atomic E-state index is 13.4. The molecule has 4 aromatic rings. The molecule has 0 N–H and O–H groups in total. The second-order valence-corrected chi connectivity index (χ2v) is 7.89. The lowest BCUT2D eigenvalue weighted by Crippen LogP contribution is -2.23. The van der Waals surface area contributed by atoms with E-state index >= 15 is 0 Å². The van der Waals surface area contributed by atoms with Crippen molar-refractivity contribution >= 4 is 22.4 Å². The molecule has 1 aromatic heterocycles. The summed E-state index contributed by atoms with van der Waals surface area (Å²) in [5.74, 6) is 0. The first kappa shape index (κ1) is 18.5. The van der Waals surface area contributed by atoms with Gasteiger partial charge < -0.3 is 4.57 Å². The molecule has 0 fully saturated rings. The Labute approximate surface area is 170 Å². The molecule has 2 nitrogen and oxygen atoms in total. The summed E-state index contributed by atoms with van der Waals surface area (Å²) in [6, 6.07) is 22.2. The summed E-state index contributed by atoms with van der Waals surface area (Å²) in [7, 11) is 0. The van der Waals surface area contributed by atoms with Crippen LogP contribution in [0, 0.1) is 20.8 Å². The summed E-state index contributed by atoms with van der Waals surface area (Å²) in [6.07, 6.45) is 0. The van der Waals surface area contributed by atoms with Crippen LogP contribution in [-0.2, 0) is 6.54 Å². The number of aryl methyl sites for hydroxylation is 3. The fourth-order valence-corrected chi connectivity index (χ4v) is 3.89. The van der Waals surface area contributed by atoms with E-state index in [0.717, 1.165) is 22.2 Å². The molecule has 0 spiro atoms. The van der Waals surface area contributed by atoms with Gasteiger partial charge in [0.25, 0.3) is 5.56 Å². The number of nitrogens with zero attached hydrogens (tertiary/aromatic N) is 1. The number of aromatic nitrogens is 1. The molecule has 0 atom stereocenters. The van der Waals surface area contributed by atoms with Crippen LogP contribution < -0.4 is 5.56 Å². The smallest absolute Gasteiger partial charge is 0.259 e. The minimum Gasteiger partial charge on any atom is -0.303 e. The minimum absolute atomic E-state index is 0.0171. The Balaban J connectivity index is 1.99. The van der Waals surface area contributed by atoms with Crippen molar-refractivity contribution < 1.29 is 0 Å². The van der Waals surface area contributed by atoms with Gasteiger partial charge in [-0.3, -0.25) is 4.79 Å². The highest BCUT2D eigenvalue weighted by molar-refractivity contribution is 6.31. The van der Waals surface area contributed by atoms with Crippen LogP contribution in [0.4, 0.5) is 0 Å². The quantitative estimate of drug-likeness (QED) is 0.404. The van der Waals surface area contributed by atoms with Crippen molar-refractivity contribution in [3.05, 3.63) is 104 Å². The van der Waals surface area contributed by atoms with Crippen LogP contribution in [0.5, 0.6) is 0 Å². The summed E-state index contributed by atoms with van der Waals surface area (Å²) in [5, 5.41) is 2.13. The van der Waals surface area contributed by atoms with Crippen LogP contribution >= 0.6 is 11.6 Å². The summed E-state index contributed by atoms with van der Waals surface area (Å²) in [6.45, 7) is 6.77. The van der Waals surface area contributed by atoms with Gasteiger partial charge in [0.05, 0.1) is 12.2 Å². The van der Waals surface area contributed by atoms with Crippen LogP contribution in [0.15, 0.2) is 71.5 Å². The molecule has 3 heteroatoms. The summed E-state index contributed by atoms with van der Waals surface area (Å²) in [4.78, 5) is 13.4. The zero-order chi connectivity index (χ0) is 19.8. The monoisotopic (exact) mass is 387 g/mol. The molecule has 4 rings (SSSR count). The fourth-order valence-electron chi connectivity index (χ4n) is 3.71. The van der Waals surface area contributed by atoms with Crippen LogP contribution in [-0.4, -0.2) is 4.57 Å². The summed E-state index contributed by atoms with van der Waals surface area (Å²) >= 11 is 6.18. The van der Waals surface area contributed by atoms with Crippen LogP contribution in [0.2, 0.25) is 5.02 Å². The van der Waals surface area contributed by atoms with Gasteiger partial charge >= 0.3 is 0 Å². The van der Waals surface area contributed by atoms with E-state index in [9.17, 15) is 4.79 Å².